The Bertz CT molecular complexity index is 2120. The third-order valence-electron chi connectivity index (χ3n) is 9.47. The Morgan fingerprint density at radius 3 is 1.20 bits per heavy atom. The van der Waals surface area contributed by atoms with Gasteiger partial charge in [0, 0.05) is 24.3 Å². The van der Waals surface area contributed by atoms with Gasteiger partial charge in [0.1, 0.15) is 95.3 Å². The molecule has 0 aliphatic heterocycles. The van der Waals surface area contributed by atoms with E-state index in [1.54, 1.807) is 36.4 Å². The van der Waals surface area contributed by atoms with Crippen molar-refractivity contribution < 1.29 is 73.3 Å². The molecule has 0 bridgehead atoms. The van der Waals surface area contributed by atoms with Gasteiger partial charge in [-0.1, -0.05) is 24.3 Å². The Morgan fingerprint density at radius 2 is 0.875 bits per heavy atom. The largest absolute Gasteiger partial charge is 1.00 e. The summed E-state index contributed by atoms with van der Waals surface area (Å²) >= 11 is 0. The maximum absolute atomic E-state index is 12.8. The number of ether oxygens (including phenoxy) is 2. The van der Waals surface area contributed by atoms with Crippen molar-refractivity contribution >= 4 is 21.9 Å². The van der Waals surface area contributed by atoms with Crippen LogP contribution in [0.25, 0.3) is 44.2 Å². The van der Waals surface area contributed by atoms with Crippen molar-refractivity contribution in [1.82, 2.24) is 0 Å². The number of fused-ring (bicyclic) bond motifs is 2. The second-order valence-electron chi connectivity index (χ2n) is 12.8. The molecule has 0 atom stereocenters. The van der Waals surface area contributed by atoms with Gasteiger partial charge in [0.25, 0.3) is 0 Å². The second-order valence-corrected chi connectivity index (χ2v) is 12.8. The van der Waals surface area contributed by atoms with Gasteiger partial charge in [0.15, 0.2) is 0 Å². The molecule has 4 aromatic carbocycles. The molecule has 6 rings (SSSR count). The van der Waals surface area contributed by atoms with Crippen LogP contribution in [0.1, 0.15) is 27.7 Å². The summed E-state index contributed by atoms with van der Waals surface area (Å²) in [4.78, 5) is 28.4. The molecule has 0 saturated carbocycles. The Labute approximate surface area is 337 Å². The van der Waals surface area contributed by atoms with E-state index in [0.717, 1.165) is 39.3 Å². The zero-order valence-corrected chi connectivity index (χ0v) is 33.2. The Balaban J connectivity index is 0.000000290. The van der Waals surface area contributed by atoms with Gasteiger partial charge >= 0.3 is 0 Å². The Hall–Kier alpha value is -5.40. The van der Waals surface area contributed by atoms with Crippen LogP contribution in [0.4, 0.5) is 0 Å². The summed E-state index contributed by atoms with van der Waals surface area (Å²) in [5.74, 6) is 0.804. The highest BCUT2D eigenvalue weighted by Crippen LogP contribution is 2.32. The molecule has 14 heteroatoms. The van der Waals surface area contributed by atoms with Crippen LogP contribution in [0.3, 0.4) is 0 Å². The van der Waals surface area contributed by atoms with Crippen molar-refractivity contribution in [3.63, 3.8) is 0 Å². The number of quaternary nitrogens is 2. The number of rotatable bonds is 14. The highest BCUT2D eigenvalue weighted by Gasteiger charge is 2.17. The fourth-order valence-corrected chi connectivity index (χ4v) is 6.10. The average Bonchev–Trinajstić information content (AvgIpc) is 3.16. The average molecular weight is 812 g/mol. The molecule has 56 heavy (non-hydrogen) atoms. The summed E-state index contributed by atoms with van der Waals surface area (Å²) in [6.45, 7) is 15.3. The molecule has 0 amide bonds. The maximum atomic E-state index is 12.8. The molecule has 0 unspecified atom stereocenters. The normalized spacial score (nSPS) is 10.8. The first-order valence-electron chi connectivity index (χ1n) is 18.1. The van der Waals surface area contributed by atoms with Crippen LogP contribution in [-0.4, -0.2) is 72.9 Å². The first-order chi connectivity index (χ1) is 26.1. The number of hydrogen-bond donors (Lipinski definition) is 6. The number of nitrogens with one attached hydrogen (secondary N) is 2. The smallest absolute Gasteiger partial charge is 0.204 e. The Kier molecular flexibility index (Phi) is 16.9. The summed E-state index contributed by atoms with van der Waals surface area (Å²) in [5, 5.41) is 39.8. The molecule has 12 nitrogen and oxygen atoms in total. The summed E-state index contributed by atoms with van der Waals surface area (Å²) in [6.07, 6.45) is 2.72. The van der Waals surface area contributed by atoms with Gasteiger partial charge in [-0.05, 0) is 63.1 Å². The molecule has 0 saturated heterocycles. The lowest BCUT2D eigenvalue weighted by Crippen LogP contribution is -3.12. The van der Waals surface area contributed by atoms with Crippen LogP contribution in [0.2, 0.25) is 0 Å². The van der Waals surface area contributed by atoms with Crippen molar-refractivity contribution in [2.45, 2.75) is 27.7 Å². The van der Waals surface area contributed by atoms with Gasteiger partial charge in [-0.15, -0.1) is 0 Å². The molecule has 2 aromatic heterocycles. The molecular formula is C42H48Cl2N2O10. The van der Waals surface area contributed by atoms with E-state index in [9.17, 15) is 30.0 Å². The van der Waals surface area contributed by atoms with E-state index >= 15 is 0 Å². The van der Waals surface area contributed by atoms with E-state index in [4.69, 9.17) is 18.3 Å². The van der Waals surface area contributed by atoms with Crippen molar-refractivity contribution in [3.8, 4) is 56.8 Å². The third kappa shape index (κ3) is 10.9. The van der Waals surface area contributed by atoms with Crippen LogP contribution >= 0.6 is 0 Å². The minimum atomic E-state index is -0.335. The van der Waals surface area contributed by atoms with Gasteiger partial charge in [-0.3, -0.25) is 9.59 Å². The molecule has 6 aromatic rings. The summed E-state index contributed by atoms with van der Waals surface area (Å²) in [7, 11) is 0. The van der Waals surface area contributed by atoms with E-state index < -0.39 is 0 Å². The first kappa shape index (κ1) is 45.0. The zero-order chi connectivity index (χ0) is 38.8. The molecular weight excluding hydrogens is 763 g/mol. The molecule has 0 fully saturated rings. The molecule has 300 valence electrons. The number of phenols is 4. The fraction of sp³-hybridized carbons (Fsp3) is 0.286. The quantitative estimate of drug-likeness (QED) is 0.0752. The molecule has 6 N–H and O–H groups in total. The van der Waals surface area contributed by atoms with Crippen molar-refractivity contribution in [2.24, 2.45) is 0 Å². The minimum absolute atomic E-state index is 0. The van der Waals surface area contributed by atoms with Gasteiger partial charge in [-0.2, -0.15) is 0 Å². The predicted molar refractivity (Wildman–Crippen MR) is 207 cm³/mol. The Morgan fingerprint density at radius 1 is 0.536 bits per heavy atom. The van der Waals surface area contributed by atoms with Crippen LogP contribution < -0.4 is 54.9 Å². The maximum Gasteiger partial charge on any atom is 0.204 e. The number of hydrogen-bond acceptors (Lipinski definition) is 10. The van der Waals surface area contributed by atoms with Crippen LogP contribution in [0.15, 0.2) is 104 Å². The second kappa shape index (κ2) is 21.1. The summed E-state index contributed by atoms with van der Waals surface area (Å²) in [5.41, 5.74) is 1.71. The number of phenolic OH excluding ortho intramolecular Hbond substituents is 4. The number of likely N-dealkylation sites (N-methyl/N-ethyl adjacent to an activating group) is 2. The van der Waals surface area contributed by atoms with Crippen LogP contribution in [-0.2, 0) is 0 Å². The van der Waals surface area contributed by atoms with E-state index in [-0.39, 0.29) is 80.6 Å². The minimum Gasteiger partial charge on any atom is -1.00 e. The highest BCUT2D eigenvalue weighted by molar-refractivity contribution is 5.89. The van der Waals surface area contributed by atoms with Gasteiger partial charge in [0.2, 0.25) is 10.9 Å². The molecule has 2 heterocycles. The van der Waals surface area contributed by atoms with Gasteiger partial charge in [-0.25, -0.2) is 0 Å². The third-order valence-corrected chi connectivity index (χ3v) is 9.47. The zero-order valence-electron chi connectivity index (χ0n) is 31.7. The fourth-order valence-electron chi connectivity index (χ4n) is 6.10. The standard InChI is InChI=1S/2C21H23NO5.2ClH/c2*1-3-22(4-2)9-10-26-16-11-18(24)20-19(12-16)27-13-17(21(20)25)14-5-7-15(23)8-6-14;;/h2*5-8,11-13,23-24H,3-4,9-10H2,1-2H3;2*1H. The highest BCUT2D eigenvalue weighted by atomic mass is 35.5. The number of benzene rings is 4. The van der Waals surface area contributed by atoms with E-state index in [1.807, 2.05) is 0 Å². The monoisotopic (exact) mass is 810 g/mol. The van der Waals surface area contributed by atoms with Crippen molar-refractivity contribution in [2.75, 3.05) is 52.5 Å². The lowest BCUT2D eigenvalue weighted by atomic mass is 10.0. The predicted octanol–water partition coefficient (Wildman–Crippen LogP) is -1.64. The molecule has 0 aliphatic rings. The topological polar surface area (TPSA) is 169 Å². The van der Waals surface area contributed by atoms with Gasteiger partial charge < -0.3 is 73.3 Å². The first-order valence-corrected chi connectivity index (χ1v) is 18.1. The SMILES string of the molecule is CC[NH+](CC)CCOc1cc(O)c2c(=O)c(-c3ccc(O)cc3)coc2c1.CC[NH+](CC)CCOc1cc(O)c2c(=O)c(-c3ccc(O)cc3)coc2c1.[Cl-].[Cl-]. The molecule has 0 radical (unpaired) electrons. The van der Waals surface area contributed by atoms with E-state index in [2.05, 4.69) is 27.7 Å². The number of aromatic hydroxyl groups is 4. The summed E-state index contributed by atoms with van der Waals surface area (Å²) < 4.78 is 22.6. The lowest BCUT2D eigenvalue weighted by molar-refractivity contribution is -0.896. The van der Waals surface area contributed by atoms with Gasteiger partial charge in [0.05, 0.1) is 37.3 Å². The van der Waals surface area contributed by atoms with E-state index in [0.29, 0.717) is 47.0 Å². The van der Waals surface area contributed by atoms with E-state index in [1.165, 1.54) is 58.7 Å². The molecule has 0 aliphatic carbocycles. The van der Waals surface area contributed by atoms with Crippen molar-refractivity contribution in [3.05, 3.63) is 106 Å². The van der Waals surface area contributed by atoms with Crippen molar-refractivity contribution in [1.29, 1.82) is 0 Å². The number of halogens is 2. The molecule has 0 spiro atoms. The lowest BCUT2D eigenvalue weighted by Gasteiger charge is -2.15. The summed E-state index contributed by atoms with van der Waals surface area (Å²) in [6, 6.07) is 18.6. The van der Waals surface area contributed by atoms with Crippen LogP contribution in [0.5, 0.6) is 34.5 Å². The van der Waals surface area contributed by atoms with Crippen LogP contribution in [0, 0.1) is 0 Å².